The van der Waals surface area contributed by atoms with Crippen LogP contribution in [0.4, 0.5) is 5.69 Å². The van der Waals surface area contributed by atoms with Gasteiger partial charge in [0.25, 0.3) is 5.91 Å². The summed E-state index contributed by atoms with van der Waals surface area (Å²) in [5, 5.41) is 6.06. The van der Waals surface area contributed by atoms with Crippen molar-refractivity contribution in [2.45, 2.75) is 12.8 Å². The smallest absolute Gasteiger partial charge is 0.253 e. The highest BCUT2D eigenvalue weighted by molar-refractivity contribution is 5.95. The van der Waals surface area contributed by atoms with Crippen LogP contribution in [0.5, 0.6) is 0 Å². The molecule has 0 spiro atoms. The Morgan fingerprint density at radius 2 is 2.00 bits per heavy atom. The van der Waals surface area contributed by atoms with E-state index in [0.29, 0.717) is 26.1 Å². The normalized spacial score (nSPS) is 18.3. The number of hydrogen-bond donors (Lipinski definition) is 2. The van der Waals surface area contributed by atoms with Crippen LogP contribution in [0.25, 0.3) is 0 Å². The highest BCUT2D eigenvalue weighted by atomic mass is 16.2. The summed E-state index contributed by atoms with van der Waals surface area (Å²) in [4.78, 5) is 25.5. The van der Waals surface area contributed by atoms with Gasteiger partial charge in [0.2, 0.25) is 5.91 Å². The summed E-state index contributed by atoms with van der Waals surface area (Å²) in [6.45, 7) is 2.56. The minimum absolute atomic E-state index is 0.0196. The number of fused-ring (bicyclic) bond motifs is 1. The minimum Gasteiger partial charge on any atom is -0.384 e. The molecule has 3 rings (SSSR count). The first-order valence-corrected chi connectivity index (χ1v) is 6.67. The molecular formula is C14H17N3O2. The third-order valence-corrected chi connectivity index (χ3v) is 3.66. The summed E-state index contributed by atoms with van der Waals surface area (Å²) in [5.74, 6) is 0.0413. The SMILES string of the molecule is O=C1CCN(C(=O)c2ccc3c(c2)CCN3)CCN1. The third-order valence-electron chi connectivity index (χ3n) is 3.66. The van der Waals surface area contributed by atoms with Gasteiger partial charge in [0.15, 0.2) is 0 Å². The van der Waals surface area contributed by atoms with Crippen molar-refractivity contribution in [2.75, 3.05) is 31.5 Å². The summed E-state index contributed by atoms with van der Waals surface area (Å²) < 4.78 is 0. The Balaban J connectivity index is 1.77. The molecule has 0 bridgehead atoms. The average Bonchev–Trinajstić information content (AvgIpc) is 2.78. The standard InChI is InChI=1S/C14H17N3O2/c18-13-4-7-17(8-6-16-13)14(19)11-1-2-12-10(9-11)3-5-15-12/h1-2,9,15H,3-8H2,(H,16,18). The minimum atomic E-state index is 0.0196. The third kappa shape index (κ3) is 2.41. The average molecular weight is 259 g/mol. The van der Waals surface area contributed by atoms with E-state index in [1.165, 1.54) is 5.56 Å². The number of nitrogens with one attached hydrogen (secondary N) is 2. The van der Waals surface area contributed by atoms with E-state index in [2.05, 4.69) is 10.6 Å². The summed E-state index contributed by atoms with van der Waals surface area (Å²) in [6.07, 6.45) is 1.36. The molecule has 100 valence electrons. The molecule has 0 saturated carbocycles. The lowest BCUT2D eigenvalue weighted by Gasteiger charge is -2.19. The van der Waals surface area contributed by atoms with Gasteiger partial charge in [0, 0.05) is 43.9 Å². The topological polar surface area (TPSA) is 61.4 Å². The van der Waals surface area contributed by atoms with E-state index in [1.54, 1.807) is 4.90 Å². The molecule has 2 aliphatic heterocycles. The van der Waals surface area contributed by atoms with Crippen molar-refractivity contribution in [3.63, 3.8) is 0 Å². The van der Waals surface area contributed by atoms with E-state index < -0.39 is 0 Å². The van der Waals surface area contributed by atoms with E-state index >= 15 is 0 Å². The molecule has 0 aromatic heterocycles. The van der Waals surface area contributed by atoms with Crippen LogP contribution in [0.1, 0.15) is 22.3 Å². The van der Waals surface area contributed by atoms with Crippen LogP contribution in [-0.2, 0) is 11.2 Å². The molecule has 2 amide bonds. The number of benzene rings is 1. The zero-order valence-electron chi connectivity index (χ0n) is 10.7. The first kappa shape index (κ1) is 12.0. The largest absolute Gasteiger partial charge is 0.384 e. The van der Waals surface area contributed by atoms with E-state index in [4.69, 9.17) is 0 Å². The molecule has 19 heavy (non-hydrogen) atoms. The van der Waals surface area contributed by atoms with Gasteiger partial charge in [0.05, 0.1) is 0 Å². The van der Waals surface area contributed by atoms with Crippen molar-refractivity contribution in [2.24, 2.45) is 0 Å². The van der Waals surface area contributed by atoms with Gasteiger partial charge in [-0.25, -0.2) is 0 Å². The lowest BCUT2D eigenvalue weighted by molar-refractivity contribution is -0.120. The van der Waals surface area contributed by atoms with Gasteiger partial charge in [-0.2, -0.15) is 0 Å². The Morgan fingerprint density at radius 1 is 1.11 bits per heavy atom. The fourth-order valence-corrected chi connectivity index (χ4v) is 2.59. The zero-order chi connectivity index (χ0) is 13.2. The van der Waals surface area contributed by atoms with Crippen molar-refractivity contribution in [1.82, 2.24) is 10.2 Å². The van der Waals surface area contributed by atoms with Crippen LogP contribution in [0, 0.1) is 0 Å². The van der Waals surface area contributed by atoms with Crippen molar-refractivity contribution in [1.29, 1.82) is 0 Å². The van der Waals surface area contributed by atoms with E-state index in [1.807, 2.05) is 18.2 Å². The Hall–Kier alpha value is -2.04. The van der Waals surface area contributed by atoms with Gasteiger partial charge in [-0.3, -0.25) is 9.59 Å². The molecule has 2 heterocycles. The highest BCUT2D eigenvalue weighted by Gasteiger charge is 2.21. The summed E-state index contributed by atoms with van der Waals surface area (Å²) >= 11 is 0. The van der Waals surface area contributed by atoms with Crippen molar-refractivity contribution < 1.29 is 9.59 Å². The maximum Gasteiger partial charge on any atom is 0.253 e. The van der Waals surface area contributed by atoms with Gasteiger partial charge in [0.1, 0.15) is 0 Å². The maximum absolute atomic E-state index is 12.4. The van der Waals surface area contributed by atoms with Gasteiger partial charge < -0.3 is 15.5 Å². The Labute approximate surface area is 112 Å². The van der Waals surface area contributed by atoms with Gasteiger partial charge in [-0.1, -0.05) is 0 Å². The van der Waals surface area contributed by atoms with Crippen LogP contribution < -0.4 is 10.6 Å². The molecule has 0 radical (unpaired) electrons. The number of rotatable bonds is 1. The molecule has 0 unspecified atom stereocenters. The maximum atomic E-state index is 12.4. The lowest BCUT2D eigenvalue weighted by Crippen LogP contribution is -2.34. The first-order valence-electron chi connectivity index (χ1n) is 6.67. The second-order valence-electron chi connectivity index (χ2n) is 4.94. The molecule has 0 aliphatic carbocycles. The number of carbonyl (C=O) groups is 2. The Kier molecular flexibility index (Phi) is 3.11. The molecule has 1 aromatic rings. The van der Waals surface area contributed by atoms with Gasteiger partial charge >= 0.3 is 0 Å². The van der Waals surface area contributed by atoms with Crippen LogP contribution >= 0.6 is 0 Å². The fraction of sp³-hybridized carbons (Fsp3) is 0.429. The second kappa shape index (κ2) is 4.91. The van der Waals surface area contributed by atoms with Crippen LogP contribution in [0.3, 0.4) is 0 Å². The number of amides is 2. The molecule has 1 aromatic carbocycles. The van der Waals surface area contributed by atoms with Crippen LogP contribution in [-0.4, -0.2) is 42.9 Å². The summed E-state index contributed by atoms with van der Waals surface area (Å²) in [6, 6.07) is 5.80. The summed E-state index contributed by atoms with van der Waals surface area (Å²) in [5.41, 5.74) is 3.05. The van der Waals surface area contributed by atoms with E-state index in [9.17, 15) is 9.59 Å². The van der Waals surface area contributed by atoms with Gasteiger partial charge in [-0.15, -0.1) is 0 Å². The summed E-state index contributed by atoms with van der Waals surface area (Å²) in [7, 11) is 0. The number of hydrogen-bond acceptors (Lipinski definition) is 3. The molecule has 2 aliphatic rings. The van der Waals surface area contributed by atoms with Crippen LogP contribution in [0.15, 0.2) is 18.2 Å². The number of carbonyl (C=O) groups excluding carboxylic acids is 2. The van der Waals surface area contributed by atoms with Crippen molar-refractivity contribution >= 4 is 17.5 Å². The molecule has 2 N–H and O–H groups in total. The first-order chi connectivity index (χ1) is 9.24. The lowest BCUT2D eigenvalue weighted by atomic mass is 10.1. The quantitative estimate of drug-likeness (QED) is 0.777. The predicted molar refractivity (Wildman–Crippen MR) is 72.2 cm³/mol. The Morgan fingerprint density at radius 3 is 2.89 bits per heavy atom. The predicted octanol–water partition coefficient (Wildman–Crippen LogP) is 0.617. The molecule has 5 heteroatoms. The molecule has 0 atom stereocenters. The van der Waals surface area contributed by atoms with E-state index in [0.717, 1.165) is 24.2 Å². The highest BCUT2D eigenvalue weighted by Crippen LogP contribution is 2.23. The number of nitrogens with zero attached hydrogens (tertiary/aromatic N) is 1. The second-order valence-corrected chi connectivity index (χ2v) is 4.94. The molecule has 5 nitrogen and oxygen atoms in total. The van der Waals surface area contributed by atoms with E-state index in [-0.39, 0.29) is 11.8 Å². The monoisotopic (exact) mass is 259 g/mol. The van der Waals surface area contributed by atoms with Crippen LogP contribution in [0.2, 0.25) is 0 Å². The fourth-order valence-electron chi connectivity index (χ4n) is 2.59. The molecule has 1 saturated heterocycles. The van der Waals surface area contributed by atoms with Gasteiger partial charge in [-0.05, 0) is 30.2 Å². The van der Waals surface area contributed by atoms with Crippen molar-refractivity contribution in [3.8, 4) is 0 Å². The zero-order valence-corrected chi connectivity index (χ0v) is 10.7. The molecule has 1 fully saturated rings. The molecular weight excluding hydrogens is 242 g/mol. The van der Waals surface area contributed by atoms with Crippen molar-refractivity contribution in [3.05, 3.63) is 29.3 Å². The Bertz CT molecular complexity index is 527. The number of anilines is 1.